The summed E-state index contributed by atoms with van der Waals surface area (Å²) in [6, 6.07) is 18.7. The minimum absolute atomic E-state index is 0.0385. The van der Waals surface area contributed by atoms with Gasteiger partial charge in [-0.2, -0.15) is 0 Å². The van der Waals surface area contributed by atoms with Crippen molar-refractivity contribution in [1.29, 1.82) is 0 Å². The van der Waals surface area contributed by atoms with E-state index in [2.05, 4.69) is 28.9 Å². The molecular formula is C24H22N2O4. The van der Waals surface area contributed by atoms with Gasteiger partial charge in [-0.25, -0.2) is 4.79 Å². The van der Waals surface area contributed by atoms with Gasteiger partial charge in [0, 0.05) is 34.0 Å². The van der Waals surface area contributed by atoms with Crippen LogP contribution in [0.15, 0.2) is 60.7 Å². The molecule has 4 aromatic rings. The Morgan fingerprint density at radius 1 is 1.00 bits per heavy atom. The number of ether oxygens (including phenoxy) is 1. The molecule has 0 saturated carbocycles. The van der Waals surface area contributed by atoms with Crippen molar-refractivity contribution in [2.75, 3.05) is 11.9 Å². The van der Waals surface area contributed by atoms with Crippen molar-refractivity contribution >= 4 is 39.4 Å². The van der Waals surface area contributed by atoms with E-state index in [0.29, 0.717) is 11.3 Å². The zero-order valence-electron chi connectivity index (χ0n) is 16.8. The molecule has 0 bridgehead atoms. The molecule has 152 valence electrons. The Morgan fingerprint density at radius 2 is 1.77 bits per heavy atom. The average molecular weight is 402 g/mol. The highest BCUT2D eigenvalue weighted by Crippen LogP contribution is 2.31. The van der Waals surface area contributed by atoms with Gasteiger partial charge in [0.2, 0.25) is 0 Å². The van der Waals surface area contributed by atoms with Crippen LogP contribution in [0.1, 0.15) is 22.8 Å². The molecule has 2 N–H and O–H groups in total. The summed E-state index contributed by atoms with van der Waals surface area (Å²) in [6.07, 6.45) is 0. The van der Waals surface area contributed by atoms with Crippen LogP contribution in [-0.4, -0.2) is 28.2 Å². The van der Waals surface area contributed by atoms with Gasteiger partial charge in [0.05, 0.1) is 0 Å². The van der Waals surface area contributed by atoms with Crippen molar-refractivity contribution in [1.82, 2.24) is 4.57 Å². The summed E-state index contributed by atoms with van der Waals surface area (Å²) in [5.41, 5.74) is 3.47. The van der Waals surface area contributed by atoms with E-state index in [0.717, 1.165) is 28.4 Å². The lowest BCUT2D eigenvalue weighted by Crippen LogP contribution is -2.21. The molecule has 4 rings (SSSR count). The van der Waals surface area contributed by atoms with E-state index in [1.54, 1.807) is 19.1 Å². The second-order valence-corrected chi connectivity index (χ2v) is 7.09. The molecule has 1 aromatic heterocycles. The van der Waals surface area contributed by atoms with Gasteiger partial charge in [-0.1, -0.05) is 30.3 Å². The molecule has 0 unspecified atom stereocenters. The Morgan fingerprint density at radius 3 is 2.57 bits per heavy atom. The lowest BCUT2D eigenvalue weighted by molar-refractivity contribution is -0.119. The maximum atomic E-state index is 12.3. The van der Waals surface area contributed by atoms with Crippen molar-refractivity contribution in [3.05, 3.63) is 71.8 Å². The van der Waals surface area contributed by atoms with E-state index >= 15 is 0 Å². The molecule has 0 aliphatic rings. The molecule has 0 radical (unpaired) electrons. The fraction of sp³-hybridized carbons (Fsp3) is 0.167. The quantitative estimate of drug-likeness (QED) is 0.477. The van der Waals surface area contributed by atoms with Crippen LogP contribution >= 0.6 is 0 Å². The van der Waals surface area contributed by atoms with E-state index < -0.39 is 18.5 Å². The number of para-hydroxylation sites is 2. The first kappa shape index (κ1) is 19.5. The largest absolute Gasteiger partial charge is 0.507 e. The third-order valence-electron chi connectivity index (χ3n) is 5.16. The van der Waals surface area contributed by atoms with E-state index in [-0.39, 0.29) is 11.3 Å². The Bertz CT molecular complexity index is 1270. The van der Waals surface area contributed by atoms with Crippen molar-refractivity contribution in [3.8, 4) is 5.75 Å². The van der Waals surface area contributed by atoms with Gasteiger partial charge in [0.1, 0.15) is 11.3 Å². The van der Waals surface area contributed by atoms with Crippen LogP contribution in [0, 0.1) is 6.92 Å². The van der Waals surface area contributed by atoms with Gasteiger partial charge in [-0.3, -0.25) is 4.79 Å². The van der Waals surface area contributed by atoms with Gasteiger partial charge in [0.25, 0.3) is 5.91 Å². The third-order valence-corrected chi connectivity index (χ3v) is 5.16. The Kier molecular flexibility index (Phi) is 5.14. The van der Waals surface area contributed by atoms with E-state index in [9.17, 15) is 14.7 Å². The number of anilines is 1. The summed E-state index contributed by atoms with van der Waals surface area (Å²) in [5.74, 6) is -1.33. The molecule has 0 aliphatic carbocycles. The molecule has 0 fully saturated rings. The summed E-state index contributed by atoms with van der Waals surface area (Å²) < 4.78 is 7.29. The molecule has 0 atom stereocenters. The maximum Gasteiger partial charge on any atom is 0.342 e. The number of carbonyl (C=O) groups excluding carboxylic acids is 2. The average Bonchev–Trinajstić information content (AvgIpc) is 3.07. The van der Waals surface area contributed by atoms with Crippen LogP contribution in [0.3, 0.4) is 0 Å². The van der Waals surface area contributed by atoms with Crippen molar-refractivity contribution < 1.29 is 19.4 Å². The number of phenols is 1. The van der Waals surface area contributed by atoms with Crippen LogP contribution in [0.4, 0.5) is 5.69 Å². The van der Waals surface area contributed by atoms with Crippen molar-refractivity contribution in [2.45, 2.75) is 20.4 Å². The van der Waals surface area contributed by atoms with E-state index in [1.165, 1.54) is 6.07 Å². The summed E-state index contributed by atoms with van der Waals surface area (Å²) in [6.45, 7) is 4.19. The van der Waals surface area contributed by atoms with Crippen LogP contribution in [0.5, 0.6) is 5.75 Å². The number of aromatic hydroxyl groups is 1. The number of benzene rings is 3. The highest BCUT2D eigenvalue weighted by atomic mass is 16.5. The van der Waals surface area contributed by atoms with Gasteiger partial charge in [0.15, 0.2) is 6.61 Å². The molecule has 1 amide bonds. The van der Waals surface area contributed by atoms with Gasteiger partial charge < -0.3 is 19.7 Å². The minimum Gasteiger partial charge on any atom is -0.507 e. The first-order valence-electron chi connectivity index (χ1n) is 9.76. The van der Waals surface area contributed by atoms with Crippen LogP contribution in [0.25, 0.3) is 21.8 Å². The van der Waals surface area contributed by atoms with E-state index in [1.807, 2.05) is 30.3 Å². The lowest BCUT2D eigenvalue weighted by Gasteiger charge is -2.09. The predicted octanol–water partition coefficient (Wildman–Crippen LogP) is 4.62. The number of fused-ring (bicyclic) bond motifs is 3. The monoisotopic (exact) mass is 402 g/mol. The SMILES string of the molecule is CCn1c2ccccc2c2cc(NC(=O)COC(=O)c3cccc(C)c3O)ccc21. The first-order chi connectivity index (χ1) is 14.5. The molecule has 3 aromatic carbocycles. The van der Waals surface area contributed by atoms with Gasteiger partial charge >= 0.3 is 5.97 Å². The molecule has 6 nitrogen and oxygen atoms in total. The zero-order valence-corrected chi connectivity index (χ0v) is 16.8. The number of aryl methyl sites for hydroxylation is 2. The number of hydrogen-bond acceptors (Lipinski definition) is 4. The Balaban J connectivity index is 1.50. The number of esters is 1. The maximum absolute atomic E-state index is 12.3. The molecule has 0 saturated heterocycles. The summed E-state index contributed by atoms with van der Waals surface area (Å²) in [7, 11) is 0. The Labute approximate surface area is 173 Å². The smallest absolute Gasteiger partial charge is 0.342 e. The number of amides is 1. The number of hydrogen-bond donors (Lipinski definition) is 2. The molecule has 0 aliphatic heterocycles. The molecule has 1 heterocycles. The third kappa shape index (κ3) is 3.48. The number of phenolic OH excluding ortho intramolecular Hbond substituents is 1. The fourth-order valence-electron chi connectivity index (χ4n) is 3.70. The normalized spacial score (nSPS) is 11.0. The number of aromatic nitrogens is 1. The second-order valence-electron chi connectivity index (χ2n) is 7.09. The first-order valence-corrected chi connectivity index (χ1v) is 9.76. The van der Waals surface area contributed by atoms with Crippen LogP contribution < -0.4 is 5.32 Å². The number of nitrogens with one attached hydrogen (secondary N) is 1. The van der Waals surface area contributed by atoms with Crippen molar-refractivity contribution in [3.63, 3.8) is 0 Å². The molecular weight excluding hydrogens is 380 g/mol. The van der Waals surface area contributed by atoms with Crippen LogP contribution in [0.2, 0.25) is 0 Å². The number of carbonyl (C=O) groups is 2. The molecule has 6 heteroatoms. The second kappa shape index (κ2) is 7.91. The lowest BCUT2D eigenvalue weighted by atomic mass is 10.1. The van der Waals surface area contributed by atoms with Gasteiger partial charge in [-0.05, 0) is 49.7 Å². The van der Waals surface area contributed by atoms with Gasteiger partial charge in [-0.15, -0.1) is 0 Å². The zero-order chi connectivity index (χ0) is 21.3. The minimum atomic E-state index is -0.743. The molecule has 0 spiro atoms. The van der Waals surface area contributed by atoms with Crippen molar-refractivity contribution in [2.24, 2.45) is 0 Å². The summed E-state index contributed by atoms with van der Waals surface area (Å²) >= 11 is 0. The van der Waals surface area contributed by atoms with E-state index in [4.69, 9.17) is 4.74 Å². The summed E-state index contributed by atoms with van der Waals surface area (Å²) in [5, 5.41) is 14.9. The predicted molar refractivity (Wildman–Crippen MR) is 117 cm³/mol. The van der Waals surface area contributed by atoms with Crippen LogP contribution in [-0.2, 0) is 16.1 Å². The standard InChI is InChI=1S/C24H22N2O4/c1-3-26-20-10-5-4-8-17(20)19-13-16(11-12-21(19)26)25-22(27)14-30-24(29)18-9-6-7-15(2)23(18)28/h4-13,28H,3,14H2,1-2H3,(H,25,27). The highest BCUT2D eigenvalue weighted by molar-refractivity contribution is 6.10. The highest BCUT2D eigenvalue weighted by Gasteiger charge is 2.16. The fourth-order valence-corrected chi connectivity index (χ4v) is 3.70. The number of nitrogens with zero attached hydrogens (tertiary/aromatic N) is 1. The number of rotatable bonds is 5. The topological polar surface area (TPSA) is 80.6 Å². The Hall–Kier alpha value is -3.80. The molecule has 30 heavy (non-hydrogen) atoms. The summed E-state index contributed by atoms with van der Waals surface area (Å²) in [4.78, 5) is 24.5.